The third-order valence-corrected chi connectivity index (χ3v) is 3.57. The average Bonchev–Trinajstić information content (AvgIpc) is 3.33. The van der Waals surface area contributed by atoms with Gasteiger partial charge >= 0.3 is 0 Å². The molecule has 1 aromatic rings. The number of nitrogens with one attached hydrogen (secondary N) is 2. The minimum Gasteiger partial charge on any atom is -0.404 e. The molecule has 1 saturated carbocycles. The van der Waals surface area contributed by atoms with E-state index in [9.17, 15) is 0 Å². The van der Waals surface area contributed by atoms with Crippen molar-refractivity contribution in [3.63, 3.8) is 0 Å². The molecule has 2 heterocycles. The Hall–Kier alpha value is -2.15. The standard InChI is InChI=1S/C14H20N6O/c15-8-10(9-16)12-7-13(17-11-1-2-11)19-14(18-12)20-3-5-21-6-4-20/h7-9,11,15H,1-6,16H2,(H,17,18,19)/b10-9+,15-8?. The van der Waals surface area contributed by atoms with E-state index in [1.807, 2.05) is 6.07 Å². The molecule has 1 aliphatic carbocycles. The zero-order valence-corrected chi connectivity index (χ0v) is 11.9. The molecule has 0 radical (unpaired) electrons. The molecule has 3 rings (SSSR count). The summed E-state index contributed by atoms with van der Waals surface area (Å²) < 4.78 is 5.37. The van der Waals surface area contributed by atoms with Crippen molar-refractivity contribution < 1.29 is 4.74 Å². The van der Waals surface area contributed by atoms with Crippen molar-refractivity contribution in [2.45, 2.75) is 18.9 Å². The van der Waals surface area contributed by atoms with E-state index in [2.05, 4.69) is 20.2 Å². The zero-order valence-electron chi connectivity index (χ0n) is 11.9. The summed E-state index contributed by atoms with van der Waals surface area (Å²) in [5.41, 5.74) is 6.84. The number of allylic oxidation sites excluding steroid dienone is 1. The number of hydrogen-bond donors (Lipinski definition) is 3. The lowest BCUT2D eigenvalue weighted by Gasteiger charge is -2.27. The summed E-state index contributed by atoms with van der Waals surface area (Å²) in [5.74, 6) is 1.46. The lowest BCUT2D eigenvalue weighted by atomic mass is 10.2. The fourth-order valence-electron chi connectivity index (χ4n) is 2.21. The fourth-order valence-corrected chi connectivity index (χ4v) is 2.21. The summed E-state index contributed by atoms with van der Waals surface area (Å²) in [6.07, 6.45) is 4.97. The molecule has 2 fully saturated rings. The summed E-state index contributed by atoms with van der Waals surface area (Å²) in [4.78, 5) is 11.2. The van der Waals surface area contributed by atoms with Crippen LogP contribution in [0.3, 0.4) is 0 Å². The summed E-state index contributed by atoms with van der Waals surface area (Å²) in [5, 5.41) is 10.8. The second-order valence-corrected chi connectivity index (χ2v) is 5.22. The van der Waals surface area contributed by atoms with Gasteiger partial charge in [-0.1, -0.05) is 0 Å². The van der Waals surface area contributed by atoms with E-state index >= 15 is 0 Å². The van der Waals surface area contributed by atoms with Crippen molar-refractivity contribution in [3.8, 4) is 0 Å². The van der Waals surface area contributed by atoms with Crippen LogP contribution in [0.2, 0.25) is 0 Å². The Kier molecular flexibility index (Phi) is 4.01. The van der Waals surface area contributed by atoms with E-state index in [-0.39, 0.29) is 0 Å². The maximum absolute atomic E-state index is 7.45. The minimum absolute atomic E-state index is 0.510. The third kappa shape index (κ3) is 3.30. The number of aromatic nitrogens is 2. The van der Waals surface area contributed by atoms with Gasteiger partial charge in [0.2, 0.25) is 5.95 Å². The number of morpholine rings is 1. The van der Waals surface area contributed by atoms with Crippen molar-refractivity contribution in [2.24, 2.45) is 5.73 Å². The first kappa shape index (κ1) is 13.8. The lowest BCUT2D eigenvalue weighted by molar-refractivity contribution is 0.122. The van der Waals surface area contributed by atoms with E-state index in [4.69, 9.17) is 15.9 Å². The van der Waals surface area contributed by atoms with Gasteiger partial charge in [-0.05, 0) is 12.8 Å². The molecule has 0 bridgehead atoms. The third-order valence-electron chi connectivity index (χ3n) is 3.57. The fraction of sp³-hybridized carbons (Fsp3) is 0.500. The maximum Gasteiger partial charge on any atom is 0.228 e. The maximum atomic E-state index is 7.45. The van der Waals surface area contributed by atoms with Crippen LogP contribution in [0.25, 0.3) is 5.57 Å². The second kappa shape index (κ2) is 6.09. The highest BCUT2D eigenvalue weighted by Crippen LogP contribution is 2.26. The van der Waals surface area contributed by atoms with Gasteiger partial charge in [-0.15, -0.1) is 0 Å². The summed E-state index contributed by atoms with van der Waals surface area (Å²) in [6.45, 7) is 2.92. The predicted molar refractivity (Wildman–Crippen MR) is 82.7 cm³/mol. The van der Waals surface area contributed by atoms with E-state index < -0.39 is 0 Å². The lowest BCUT2D eigenvalue weighted by Crippen LogP contribution is -2.37. The number of hydrogen-bond acceptors (Lipinski definition) is 7. The monoisotopic (exact) mass is 288 g/mol. The minimum atomic E-state index is 0.510. The summed E-state index contributed by atoms with van der Waals surface area (Å²) >= 11 is 0. The molecule has 7 nitrogen and oxygen atoms in total. The Morgan fingerprint density at radius 3 is 2.76 bits per heavy atom. The molecular formula is C14H20N6O. The van der Waals surface area contributed by atoms with Gasteiger partial charge in [0.15, 0.2) is 0 Å². The first-order chi connectivity index (χ1) is 10.3. The summed E-state index contributed by atoms with van der Waals surface area (Å²) in [6, 6.07) is 2.36. The van der Waals surface area contributed by atoms with E-state index in [1.54, 1.807) is 0 Å². The largest absolute Gasteiger partial charge is 0.404 e. The van der Waals surface area contributed by atoms with Gasteiger partial charge in [-0.2, -0.15) is 4.98 Å². The van der Waals surface area contributed by atoms with Crippen LogP contribution in [-0.2, 0) is 4.74 Å². The first-order valence-corrected chi connectivity index (χ1v) is 7.21. The van der Waals surface area contributed by atoms with Gasteiger partial charge in [-0.25, -0.2) is 4.98 Å². The van der Waals surface area contributed by atoms with Gasteiger partial charge < -0.3 is 26.1 Å². The molecule has 0 unspecified atom stereocenters. The van der Waals surface area contributed by atoms with E-state index in [0.29, 0.717) is 36.5 Å². The number of ether oxygens (including phenoxy) is 1. The molecular weight excluding hydrogens is 268 g/mol. The van der Waals surface area contributed by atoms with E-state index in [0.717, 1.165) is 18.9 Å². The van der Waals surface area contributed by atoms with Gasteiger partial charge in [0.05, 0.1) is 18.9 Å². The highest BCUT2D eigenvalue weighted by atomic mass is 16.5. The Labute approximate surface area is 123 Å². The number of anilines is 2. The highest BCUT2D eigenvalue weighted by molar-refractivity contribution is 6.07. The smallest absolute Gasteiger partial charge is 0.228 e. The molecule has 2 aliphatic rings. The van der Waals surface area contributed by atoms with Crippen molar-refractivity contribution in [1.82, 2.24) is 9.97 Å². The van der Waals surface area contributed by atoms with Crippen LogP contribution in [0.15, 0.2) is 12.3 Å². The SMILES string of the molecule is N=C/C(=C\N)c1cc(NC2CC2)nc(N2CCOCC2)n1. The van der Waals surface area contributed by atoms with Crippen LogP contribution in [-0.4, -0.2) is 48.5 Å². The molecule has 21 heavy (non-hydrogen) atoms. The van der Waals surface area contributed by atoms with Gasteiger partial charge in [0.1, 0.15) is 5.82 Å². The normalized spacial score (nSPS) is 19.4. The molecule has 0 amide bonds. The molecule has 1 aromatic heterocycles. The number of nitrogens with two attached hydrogens (primary N) is 1. The first-order valence-electron chi connectivity index (χ1n) is 7.21. The summed E-state index contributed by atoms with van der Waals surface area (Å²) in [7, 11) is 0. The Morgan fingerprint density at radius 1 is 1.38 bits per heavy atom. The van der Waals surface area contributed by atoms with Crippen LogP contribution in [0.4, 0.5) is 11.8 Å². The molecule has 0 spiro atoms. The molecule has 4 N–H and O–H groups in total. The second-order valence-electron chi connectivity index (χ2n) is 5.22. The van der Waals surface area contributed by atoms with E-state index in [1.165, 1.54) is 25.3 Å². The molecule has 1 aliphatic heterocycles. The number of rotatable bonds is 5. The molecule has 112 valence electrons. The molecule has 0 atom stereocenters. The molecule has 1 saturated heterocycles. The zero-order chi connectivity index (χ0) is 14.7. The van der Waals surface area contributed by atoms with Gasteiger partial charge in [0, 0.05) is 43.2 Å². The van der Waals surface area contributed by atoms with Gasteiger partial charge in [-0.3, -0.25) is 0 Å². The highest BCUT2D eigenvalue weighted by Gasteiger charge is 2.23. The van der Waals surface area contributed by atoms with Crippen LogP contribution in [0.5, 0.6) is 0 Å². The van der Waals surface area contributed by atoms with Crippen molar-refractivity contribution in [3.05, 3.63) is 18.0 Å². The van der Waals surface area contributed by atoms with Crippen molar-refractivity contribution >= 4 is 23.6 Å². The van der Waals surface area contributed by atoms with Crippen molar-refractivity contribution in [1.29, 1.82) is 5.41 Å². The average molecular weight is 288 g/mol. The number of nitrogens with zero attached hydrogens (tertiary/aromatic N) is 3. The Bertz CT molecular complexity index is 548. The topological polar surface area (TPSA) is 100 Å². The molecule has 7 heteroatoms. The van der Waals surface area contributed by atoms with Crippen LogP contribution in [0.1, 0.15) is 18.5 Å². The van der Waals surface area contributed by atoms with Crippen LogP contribution >= 0.6 is 0 Å². The van der Waals surface area contributed by atoms with Crippen LogP contribution < -0.4 is 16.0 Å². The van der Waals surface area contributed by atoms with Crippen molar-refractivity contribution in [2.75, 3.05) is 36.5 Å². The van der Waals surface area contributed by atoms with Gasteiger partial charge in [0.25, 0.3) is 0 Å². The van der Waals surface area contributed by atoms with Crippen LogP contribution in [0, 0.1) is 5.41 Å². The Balaban J connectivity index is 1.92. The molecule has 0 aromatic carbocycles. The Morgan fingerprint density at radius 2 is 2.14 bits per heavy atom. The predicted octanol–water partition coefficient (Wildman–Crippen LogP) is 0.837. The quantitative estimate of drug-likeness (QED) is 0.694.